The average Bonchev–Trinajstić information content (AvgIpc) is 2.83. The van der Waals surface area contributed by atoms with E-state index in [0.29, 0.717) is 17.6 Å². The third kappa shape index (κ3) is 2.56. The largest absolute Gasteiger partial charge is 0.339 e. The molecular formula is C12H17N3OS. The summed E-state index contributed by atoms with van der Waals surface area (Å²) < 4.78 is 5.34. The van der Waals surface area contributed by atoms with E-state index in [0.717, 1.165) is 4.88 Å². The summed E-state index contributed by atoms with van der Waals surface area (Å²) in [4.78, 5) is 5.47. The summed E-state index contributed by atoms with van der Waals surface area (Å²) >= 11 is 1.60. The Hall–Kier alpha value is -1.20. The zero-order valence-electron chi connectivity index (χ0n) is 10.3. The maximum Gasteiger partial charge on any atom is 0.231 e. The molecule has 0 radical (unpaired) electrons. The van der Waals surface area contributed by atoms with Gasteiger partial charge in [-0.25, -0.2) is 0 Å². The van der Waals surface area contributed by atoms with Gasteiger partial charge in [-0.15, -0.1) is 11.3 Å². The van der Waals surface area contributed by atoms with Crippen LogP contribution in [0.2, 0.25) is 0 Å². The quantitative estimate of drug-likeness (QED) is 0.907. The molecule has 0 aromatic carbocycles. The van der Waals surface area contributed by atoms with Crippen LogP contribution in [0, 0.1) is 5.92 Å². The molecule has 0 aliphatic heterocycles. The molecule has 0 amide bonds. The summed E-state index contributed by atoms with van der Waals surface area (Å²) in [6.45, 7) is 6.20. The molecule has 0 saturated carbocycles. The first-order chi connectivity index (χ1) is 8.09. The topological polar surface area (TPSA) is 64.9 Å². The highest BCUT2D eigenvalue weighted by Crippen LogP contribution is 2.28. The van der Waals surface area contributed by atoms with Crippen LogP contribution in [-0.2, 0) is 0 Å². The molecule has 2 aromatic rings. The number of hydrogen-bond donors (Lipinski definition) is 1. The Kier molecular flexibility index (Phi) is 3.59. The standard InChI is InChI=1S/C12H17N3OS/c1-7(2)10(8(3)13)12-14-11(15-16-12)9-5-4-6-17-9/h4-8,10H,13H2,1-3H3. The van der Waals surface area contributed by atoms with Gasteiger partial charge in [0.05, 0.1) is 10.8 Å². The molecule has 2 atom stereocenters. The van der Waals surface area contributed by atoms with Crippen molar-refractivity contribution in [3.05, 3.63) is 23.4 Å². The summed E-state index contributed by atoms with van der Waals surface area (Å²) in [6, 6.07) is 3.96. The van der Waals surface area contributed by atoms with Crippen molar-refractivity contribution in [2.75, 3.05) is 0 Å². The van der Waals surface area contributed by atoms with Crippen molar-refractivity contribution in [3.8, 4) is 10.7 Å². The fraction of sp³-hybridized carbons (Fsp3) is 0.500. The smallest absolute Gasteiger partial charge is 0.231 e. The molecule has 2 aromatic heterocycles. The summed E-state index contributed by atoms with van der Waals surface area (Å²) in [5.41, 5.74) is 5.97. The lowest BCUT2D eigenvalue weighted by atomic mass is 9.90. The lowest BCUT2D eigenvalue weighted by Crippen LogP contribution is -2.28. The summed E-state index contributed by atoms with van der Waals surface area (Å²) in [5.74, 6) is 1.78. The van der Waals surface area contributed by atoms with Gasteiger partial charge in [0.2, 0.25) is 11.7 Å². The third-order valence-corrected chi connectivity index (χ3v) is 3.62. The van der Waals surface area contributed by atoms with Gasteiger partial charge in [-0.2, -0.15) is 4.98 Å². The van der Waals surface area contributed by atoms with Gasteiger partial charge in [0.25, 0.3) is 0 Å². The Bertz CT molecular complexity index is 454. The lowest BCUT2D eigenvalue weighted by molar-refractivity contribution is 0.300. The van der Waals surface area contributed by atoms with Crippen molar-refractivity contribution in [1.82, 2.24) is 10.1 Å². The van der Waals surface area contributed by atoms with Crippen molar-refractivity contribution in [2.45, 2.75) is 32.7 Å². The lowest BCUT2D eigenvalue weighted by Gasteiger charge is -2.20. The van der Waals surface area contributed by atoms with E-state index >= 15 is 0 Å². The second-order valence-electron chi connectivity index (χ2n) is 4.56. The fourth-order valence-corrected chi connectivity index (χ4v) is 2.64. The average molecular weight is 251 g/mol. The molecule has 2 rings (SSSR count). The predicted octanol–water partition coefficient (Wildman–Crippen LogP) is 2.88. The molecule has 17 heavy (non-hydrogen) atoms. The number of rotatable bonds is 4. The number of nitrogens with zero attached hydrogens (tertiary/aromatic N) is 2. The van der Waals surface area contributed by atoms with Gasteiger partial charge in [-0.1, -0.05) is 25.1 Å². The van der Waals surface area contributed by atoms with Crippen molar-refractivity contribution in [1.29, 1.82) is 0 Å². The van der Waals surface area contributed by atoms with E-state index in [1.54, 1.807) is 11.3 Å². The van der Waals surface area contributed by atoms with Crippen LogP contribution >= 0.6 is 11.3 Å². The Morgan fingerprint density at radius 2 is 2.12 bits per heavy atom. The van der Waals surface area contributed by atoms with E-state index in [-0.39, 0.29) is 12.0 Å². The van der Waals surface area contributed by atoms with E-state index in [1.165, 1.54) is 0 Å². The molecule has 0 spiro atoms. The molecule has 0 saturated heterocycles. The van der Waals surface area contributed by atoms with Crippen LogP contribution in [0.15, 0.2) is 22.0 Å². The highest BCUT2D eigenvalue weighted by Gasteiger charge is 2.26. The van der Waals surface area contributed by atoms with Gasteiger partial charge in [-0.05, 0) is 24.3 Å². The minimum atomic E-state index is 0.00614. The second-order valence-corrected chi connectivity index (χ2v) is 5.51. The molecule has 2 N–H and O–H groups in total. The van der Waals surface area contributed by atoms with Gasteiger partial charge in [0.1, 0.15) is 0 Å². The molecule has 2 unspecified atom stereocenters. The highest BCUT2D eigenvalue weighted by atomic mass is 32.1. The van der Waals surface area contributed by atoms with Crippen LogP contribution in [0.1, 0.15) is 32.6 Å². The van der Waals surface area contributed by atoms with E-state index < -0.39 is 0 Å². The van der Waals surface area contributed by atoms with Crippen molar-refractivity contribution in [2.24, 2.45) is 11.7 Å². The van der Waals surface area contributed by atoms with Gasteiger partial charge in [0, 0.05) is 6.04 Å². The summed E-state index contributed by atoms with van der Waals surface area (Å²) in [7, 11) is 0. The van der Waals surface area contributed by atoms with Crippen LogP contribution in [-0.4, -0.2) is 16.2 Å². The van der Waals surface area contributed by atoms with Gasteiger partial charge >= 0.3 is 0 Å². The number of aromatic nitrogens is 2. The van der Waals surface area contributed by atoms with Gasteiger partial charge in [0.15, 0.2) is 0 Å². The SMILES string of the molecule is CC(C)C(c1nc(-c2cccs2)no1)C(C)N. The maximum absolute atomic E-state index is 5.97. The molecule has 0 fully saturated rings. The molecule has 92 valence electrons. The zero-order valence-corrected chi connectivity index (χ0v) is 11.1. The molecule has 0 bridgehead atoms. The van der Waals surface area contributed by atoms with Crippen LogP contribution in [0.25, 0.3) is 10.7 Å². The maximum atomic E-state index is 5.97. The van der Waals surface area contributed by atoms with Gasteiger partial charge < -0.3 is 10.3 Å². The normalized spacial score (nSPS) is 15.1. The summed E-state index contributed by atoms with van der Waals surface area (Å²) in [6.07, 6.45) is 0. The van der Waals surface area contributed by atoms with Gasteiger partial charge in [-0.3, -0.25) is 0 Å². The monoisotopic (exact) mass is 251 g/mol. The van der Waals surface area contributed by atoms with E-state index in [1.807, 2.05) is 24.4 Å². The third-order valence-electron chi connectivity index (χ3n) is 2.75. The number of thiophene rings is 1. The Morgan fingerprint density at radius 1 is 1.35 bits per heavy atom. The van der Waals surface area contributed by atoms with Crippen LogP contribution < -0.4 is 5.73 Å². The predicted molar refractivity (Wildman–Crippen MR) is 68.8 cm³/mol. The fourth-order valence-electron chi connectivity index (χ4n) is 1.99. The van der Waals surface area contributed by atoms with Crippen LogP contribution in [0.3, 0.4) is 0 Å². The van der Waals surface area contributed by atoms with Crippen molar-refractivity contribution < 1.29 is 4.52 Å². The van der Waals surface area contributed by atoms with E-state index in [2.05, 4.69) is 24.0 Å². The van der Waals surface area contributed by atoms with E-state index in [4.69, 9.17) is 10.3 Å². The minimum absolute atomic E-state index is 0.00614. The molecule has 0 aliphatic rings. The first-order valence-electron chi connectivity index (χ1n) is 5.72. The molecule has 4 nitrogen and oxygen atoms in total. The first-order valence-corrected chi connectivity index (χ1v) is 6.60. The van der Waals surface area contributed by atoms with Crippen LogP contribution in [0.5, 0.6) is 0 Å². The van der Waals surface area contributed by atoms with Crippen molar-refractivity contribution in [3.63, 3.8) is 0 Å². The Balaban J connectivity index is 2.28. The zero-order chi connectivity index (χ0) is 12.4. The molecular weight excluding hydrogens is 234 g/mol. The van der Waals surface area contributed by atoms with Crippen molar-refractivity contribution >= 4 is 11.3 Å². The summed E-state index contributed by atoms with van der Waals surface area (Å²) in [5, 5.41) is 6.01. The Labute approximate surface area is 105 Å². The first kappa shape index (κ1) is 12.3. The van der Waals surface area contributed by atoms with E-state index in [9.17, 15) is 0 Å². The minimum Gasteiger partial charge on any atom is -0.339 e. The Morgan fingerprint density at radius 3 is 2.65 bits per heavy atom. The second kappa shape index (κ2) is 4.98. The molecule has 5 heteroatoms. The highest BCUT2D eigenvalue weighted by molar-refractivity contribution is 7.13. The number of nitrogens with two attached hydrogens (primary N) is 1. The number of hydrogen-bond acceptors (Lipinski definition) is 5. The van der Waals surface area contributed by atoms with Crippen LogP contribution in [0.4, 0.5) is 0 Å². The molecule has 0 aliphatic carbocycles. The molecule has 2 heterocycles.